The Hall–Kier alpha value is -0.330. The Balaban J connectivity index is 1.82. The largest absolute Gasteiger partial charge is 0.522 e. The number of nitrogens with one attached hydrogen (secondary N) is 1. The third-order valence-electron chi connectivity index (χ3n) is 4.11. The minimum absolute atomic E-state index is 0.263. The van der Waals surface area contributed by atoms with E-state index in [4.69, 9.17) is 0 Å². The van der Waals surface area contributed by atoms with Gasteiger partial charge in [0.1, 0.15) is 0 Å². The van der Waals surface area contributed by atoms with Crippen LogP contribution in [0.2, 0.25) is 0 Å². The van der Waals surface area contributed by atoms with Crippen LogP contribution in [0.5, 0.6) is 0 Å². The van der Waals surface area contributed by atoms with Crippen LogP contribution in [-0.4, -0.2) is 49.6 Å². The van der Waals surface area contributed by atoms with Crippen molar-refractivity contribution < 1.29 is 17.9 Å². The molecule has 3 nitrogen and oxygen atoms in total. The lowest BCUT2D eigenvalue weighted by Crippen LogP contribution is -2.58. The normalized spacial score (nSPS) is 29.1. The van der Waals surface area contributed by atoms with Crippen LogP contribution in [0, 0.1) is 11.8 Å². The molecule has 0 aromatic heterocycles. The summed E-state index contributed by atoms with van der Waals surface area (Å²) in [6.07, 6.45) is -1.04. The lowest BCUT2D eigenvalue weighted by molar-refractivity contribution is -0.325. The molecule has 1 heterocycles. The first kappa shape index (κ1) is 16.0. The Labute approximate surface area is 118 Å². The van der Waals surface area contributed by atoms with E-state index in [0.29, 0.717) is 30.5 Å². The molecule has 1 N–H and O–H groups in total. The molecule has 2 aliphatic rings. The van der Waals surface area contributed by atoms with Crippen molar-refractivity contribution in [3.05, 3.63) is 0 Å². The van der Waals surface area contributed by atoms with Crippen LogP contribution < -0.4 is 5.32 Å². The quantitative estimate of drug-likeness (QED) is 0.815. The minimum Gasteiger partial charge on any atom is -0.311 e. The first-order chi connectivity index (χ1) is 9.35. The van der Waals surface area contributed by atoms with Crippen molar-refractivity contribution in [1.82, 2.24) is 10.2 Å². The van der Waals surface area contributed by atoms with Crippen LogP contribution in [0.1, 0.15) is 33.1 Å². The van der Waals surface area contributed by atoms with Crippen LogP contribution in [-0.2, 0) is 4.74 Å². The first-order valence-electron chi connectivity index (χ1n) is 7.53. The third-order valence-corrected chi connectivity index (χ3v) is 4.11. The van der Waals surface area contributed by atoms with E-state index < -0.39 is 6.36 Å². The van der Waals surface area contributed by atoms with E-state index in [-0.39, 0.29) is 6.61 Å². The Bertz CT molecular complexity index is 305. The highest BCUT2D eigenvalue weighted by Crippen LogP contribution is 2.36. The Morgan fingerprint density at radius 2 is 2.00 bits per heavy atom. The van der Waals surface area contributed by atoms with Crippen molar-refractivity contribution in [2.24, 2.45) is 11.8 Å². The smallest absolute Gasteiger partial charge is 0.311 e. The fraction of sp³-hybridized carbons (Fsp3) is 1.00. The van der Waals surface area contributed by atoms with Gasteiger partial charge in [-0.05, 0) is 31.1 Å². The maximum Gasteiger partial charge on any atom is 0.522 e. The van der Waals surface area contributed by atoms with Crippen LogP contribution in [0.4, 0.5) is 13.2 Å². The van der Waals surface area contributed by atoms with Gasteiger partial charge >= 0.3 is 6.36 Å². The lowest BCUT2D eigenvalue weighted by atomic mass is 9.98. The van der Waals surface area contributed by atoms with Gasteiger partial charge in [-0.2, -0.15) is 0 Å². The zero-order chi connectivity index (χ0) is 14.8. The van der Waals surface area contributed by atoms with Crippen LogP contribution in [0.15, 0.2) is 0 Å². The summed E-state index contributed by atoms with van der Waals surface area (Å²) in [6.45, 7) is 6.18. The molecule has 0 spiro atoms. The number of hydrogen-bond donors (Lipinski definition) is 1. The summed E-state index contributed by atoms with van der Waals surface area (Å²) in [5.74, 6) is 1.26. The van der Waals surface area contributed by atoms with Gasteiger partial charge in [0.2, 0.25) is 0 Å². The molecule has 20 heavy (non-hydrogen) atoms. The number of piperazine rings is 1. The van der Waals surface area contributed by atoms with E-state index in [0.717, 1.165) is 19.5 Å². The summed E-state index contributed by atoms with van der Waals surface area (Å²) in [4.78, 5) is 2.20. The molecule has 0 bridgehead atoms. The number of nitrogens with zero attached hydrogens (tertiary/aromatic N) is 1. The second-order valence-electron chi connectivity index (χ2n) is 6.43. The topological polar surface area (TPSA) is 24.5 Å². The maximum atomic E-state index is 12.1. The molecule has 2 rings (SSSR count). The summed E-state index contributed by atoms with van der Waals surface area (Å²) in [7, 11) is 0. The SMILES string of the molecule is CC(C)CC1CN(CCOC(F)(F)F)C(C2CC2)CN1. The van der Waals surface area contributed by atoms with Crippen molar-refractivity contribution in [1.29, 1.82) is 0 Å². The van der Waals surface area contributed by atoms with Crippen molar-refractivity contribution in [2.75, 3.05) is 26.2 Å². The average Bonchev–Trinajstić information content (AvgIpc) is 3.10. The standard InChI is InChI=1S/C14H25F3N2O/c1-10(2)7-12-9-19(5-6-20-14(15,16)17)13(8-18-12)11-3-4-11/h10-13,18H,3-9H2,1-2H3. The number of ether oxygens (including phenoxy) is 1. The zero-order valence-corrected chi connectivity index (χ0v) is 12.2. The molecule has 0 aromatic rings. The molecule has 2 unspecified atom stereocenters. The monoisotopic (exact) mass is 294 g/mol. The molecule has 118 valence electrons. The molecule has 1 aliphatic heterocycles. The predicted octanol–water partition coefficient (Wildman–Crippen LogP) is 2.62. The molecule has 0 aromatic carbocycles. The van der Waals surface area contributed by atoms with E-state index in [1.165, 1.54) is 12.8 Å². The number of alkyl halides is 3. The molecule has 2 fully saturated rings. The maximum absolute atomic E-state index is 12.1. The summed E-state index contributed by atoms with van der Waals surface area (Å²) in [5, 5.41) is 3.55. The van der Waals surface area contributed by atoms with Crippen molar-refractivity contribution in [3.63, 3.8) is 0 Å². The van der Waals surface area contributed by atoms with Crippen LogP contribution in [0.25, 0.3) is 0 Å². The lowest BCUT2D eigenvalue weighted by Gasteiger charge is -2.41. The summed E-state index contributed by atoms with van der Waals surface area (Å²) in [6, 6.07) is 0.770. The number of hydrogen-bond acceptors (Lipinski definition) is 3. The van der Waals surface area contributed by atoms with Gasteiger partial charge < -0.3 is 5.32 Å². The second-order valence-corrected chi connectivity index (χ2v) is 6.43. The van der Waals surface area contributed by atoms with E-state index in [2.05, 4.69) is 28.8 Å². The molecule has 1 aliphatic carbocycles. The van der Waals surface area contributed by atoms with Crippen molar-refractivity contribution >= 4 is 0 Å². The van der Waals surface area contributed by atoms with Crippen molar-refractivity contribution in [2.45, 2.75) is 51.6 Å². The molecule has 6 heteroatoms. The number of halogens is 3. The van der Waals surface area contributed by atoms with E-state index in [9.17, 15) is 13.2 Å². The number of rotatable bonds is 6. The van der Waals surface area contributed by atoms with Gasteiger partial charge in [0.15, 0.2) is 0 Å². The highest BCUT2D eigenvalue weighted by Gasteiger charge is 2.39. The second kappa shape index (κ2) is 6.62. The molecular weight excluding hydrogens is 269 g/mol. The molecule has 1 saturated carbocycles. The fourth-order valence-corrected chi connectivity index (χ4v) is 3.11. The highest BCUT2D eigenvalue weighted by molar-refractivity contribution is 4.95. The molecule has 0 amide bonds. The van der Waals surface area contributed by atoms with Gasteiger partial charge in [0, 0.05) is 31.7 Å². The van der Waals surface area contributed by atoms with Crippen LogP contribution in [0.3, 0.4) is 0 Å². The molecule has 0 radical (unpaired) electrons. The zero-order valence-electron chi connectivity index (χ0n) is 12.2. The van der Waals surface area contributed by atoms with E-state index >= 15 is 0 Å². The first-order valence-corrected chi connectivity index (χ1v) is 7.53. The van der Waals surface area contributed by atoms with Crippen molar-refractivity contribution in [3.8, 4) is 0 Å². The minimum atomic E-state index is -4.51. The van der Waals surface area contributed by atoms with Crippen LogP contribution >= 0.6 is 0 Å². The molecule has 1 saturated heterocycles. The highest BCUT2D eigenvalue weighted by atomic mass is 19.4. The Kier molecular flexibility index (Phi) is 5.31. The summed E-state index contributed by atoms with van der Waals surface area (Å²) in [5.41, 5.74) is 0. The Morgan fingerprint density at radius 1 is 1.30 bits per heavy atom. The predicted molar refractivity (Wildman–Crippen MR) is 71.3 cm³/mol. The van der Waals surface area contributed by atoms with Gasteiger partial charge in [-0.15, -0.1) is 13.2 Å². The third kappa shape index (κ3) is 5.22. The van der Waals surface area contributed by atoms with Gasteiger partial charge in [-0.1, -0.05) is 13.8 Å². The van der Waals surface area contributed by atoms with Gasteiger partial charge in [0.05, 0.1) is 6.61 Å². The summed E-state index contributed by atoms with van der Waals surface area (Å²) >= 11 is 0. The summed E-state index contributed by atoms with van der Waals surface area (Å²) < 4.78 is 40.2. The van der Waals surface area contributed by atoms with Gasteiger partial charge in [-0.25, -0.2) is 0 Å². The average molecular weight is 294 g/mol. The Morgan fingerprint density at radius 3 is 2.55 bits per heavy atom. The molecule has 2 atom stereocenters. The fourth-order valence-electron chi connectivity index (χ4n) is 3.11. The molecular formula is C14H25F3N2O. The van der Waals surface area contributed by atoms with E-state index in [1.807, 2.05) is 0 Å². The van der Waals surface area contributed by atoms with Gasteiger partial charge in [-0.3, -0.25) is 9.64 Å². The van der Waals surface area contributed by atoms with Gasteiger partial charge in [0.25, 0.3) is 0 Å². The van der Waals surface area contributed by atoms with E-state index in [1.54, 1.807) is 0 Å².